The second kappa shape index (κ2) is 11.2. The predicted molar refractivity (Wildman–Crippen MR) is 138 cm³/mol. The number of benzene rings is 3. The molecule has 182 valence electrons. The van der Waals surface area contributed by atoms with Crippen LogP contribution in [0.1, 0.15) is 60.5 Å². The molecule has 2 amide bonds. The van der Waals surface area contributed by atoms with Crippen molar-refractivity contribution in [3.8, 4) is 5.75 Å². The second-order valence-corrected chi connectivity index (χ2v) is 9.09. The summed E-state index contributed by atoms with van der Waals surface area (Å²) in [6.07, 6.45) is 1.23. The van der Waals surface area contributed by atoms with E-state index in [4.69, 9.17) is 4.74 Å². The van der Waals surface area contributed by atoms with E-state index >= 15 is 0 Å². The van der Waals surface area contributed by atoms with Crippen LogP contribution < -0.4 is 10.1 Å². The van der Waals surface area contributed by atoms with Crippen LogP contribution in [0, 0.1) is 6.92 Å². The number of fused-ring (bicyclic) bond motifs is 1. The molecule has 2 unspecified atom stereocenters. The second-order valence-electron chi connectivity index (χ2n) is 9.09. The van der Waals surface area contributed by atoms with Gasteiger partial charge in [0.2, 0.25) is 5.91 Å². The summed E-state index contributed by atoms with van der Waals surface area (Å²) < 4.78 is 6.19. The highest BCUT2D eigenvalue weighted by Gasteiger charge is 2.32. The maximum Gasteiger partial charge on any atom is 0.261 e. The molecule has 0 saturated heterocycles. The number of rotatable bonds is 8. The lowest BCUT2D eigenvalue weighted by Crippen LogP contribution is -2.40. The van der Waals surface area contributed by atoms with Crippen LogP contribution in [-0.2, 0) is 22.6 Å². The van der Waals surface area contributed by atoms with Crippen molar-refractivity contribution in [2.45, 2.75) is 58.7 Å². The molecule has 35 heavy (non-hydrogen) atoms. The number of nitrogens with one attached hydrogen (secondary N) is 1. The van der Waals surface area contributed by atoms with Gasteiger partial charge in [-0.15, -0.1) is 0 Å². The molecule has 0 saturated carbocycles. The first-order valence-electron chi connectivity index (χ1n) is 12.5. The fourth-order valence-electron chi connectivity index (χ4n) is 4.74. The maximum absolute atomic E-state index is 12.9. The van der Waals surface area contributed by atoms with Crippen molar-refractivity contribution in [2.75, 3.05) is 6.54 Å². The van der Waals surface area contributed by atoms with Crippen LogP contribution in [0.15, 0.2) is 72.8 Å². The van der Waals surface area contributed by atoms with Crippen molar-refractivity contribution >= 4 is 11.8 Å². The van der Waals surface area contributed by atoms with Crippen molar-refractivity contribution in [3.05, 3.63) is 101 Å². The summed E-state index contributed by atoms with van der Waals surface area (Å²) in [5, 5.41) is 3.01. The fourth-order valence-corrected chi connectivity index (χ4v) is 4.74. The van der Waals surface area contributed by atoms with Gasteiger partial charge in [0, 0.05) is 19.5 Å². The van der Waals surface area contributed by atoms with Gasteiger partial charge in [0.05, 0.1) is 6.04 Å². The Morgan fingerprint density at radius 1 is 1.03 bits per heavy atom. The predicted octanol–water partition coefficient (Wildman–Crippen LogP) is 5.35. The van der Waals surface area contributed by atoms with Gasteiger partial charge in [-0.2, -0.15) is 0 Å². The number of carbonyl (C=O) groups excluding carboxylic acids is 2. The van der Waals surface area contributed by atoms with Gasteiger partial charge in [-0.05, 0) is 54.2 Å². The van der Waals surface area contributed by atoms with Crippen LogP contribution in [0.25, 0.3) is 0 Å². The number of hydrogen-bond donors (Lipinski definition) is 1. The summed E-state index contributed by atoms with van der Waals surface area (Å²) in [4.78, 5) is 27.7. The van der Waals surface area contributed by atoms with Crippen LogP contribution in [-0.4, -0.2) is 29.4 Å². The highest BCUT2D eigenvalue weighted by atomic mass is 16.5. The summed E-state index contributed by atoms with van der Waals surface area (Å²) in [5.41, 5.74) is 5.58. The molecule has 4 rings (SSSR count). The van der Waals surface area contributed by atoms with Crippen LogP contribution in [0.2, 0.25) is 0 Å². The topological polar surface area (TPSA) is 58.6 Å². The SMILES string of the molecule is CCC(=O)N1CCc2ccc(OC(CC)C(=O)NCc3cccc(C)c3)cc2C1c1ccccc1. The smallest absolute Gasteiger partial charge is 0.261 e. The van der Waals surface area contributed by atoms with Crippen molar-refractivity contribution in [3.63, 3.8) is 0 Å². The maximum atomic E-state index is 12.9. The molecule has 1 aliphatic rings. The molecule has 1 heterocycles. The molecule has 0 spiro atoms. The average molecular weight is 471 g/mol. The average Bonchev–Trinajstić information content (AvgIpc) is 2.89. The molecular formula is C30H34N2O3. The van der Waals surface area contributed by atoms with Crippen LogP contribution in [0.3, 0.4) is 0 Å². The molecule has 0 bridgehead atoms. The van der Waals surface area contributed by atoms with E-state index in [2.05, 4.69) is 29.6 Å². The third kappa shape index (κ3) is 5.73. The van der Waals surface area contributed by atoms with Gasteiger partial charge in [-0.1, -0.05) is 80.1 Å². The molecule has 5 heteroatoms. The lowest BCUT2D eigenvalue weighted by atomic mass is 9.87. The Bertz CT molecular complexity index is 1180. The van der Waals surface area contributed by atoms with E-state index in [1.54, 1.807) is 0 Å². The molecule has 3 aromatic carbocycles. The highest BCUT2D eigenvalue weighted by Crippen LogP contribution is 2.37. The minimum absolute atomic E-state index is 0.130. The first-order chi connectivity index (χ1) is 17.0. The quantitative estimate of drug-likeness (QED) is 0.483. The molecule has 1 aliphatic heterocycles. The summed E-state index contributed by atoms with van der Waals surface area (Å²) in [7, 11) is 0. The number of hydrogen-bond acceptors (Lipinski definition) is 3. The summed E-state index contributed by atoms with van der Waals surface area (Å²) >= 11 is 0. The van der Waals surface area contributed by atoms with Crippen molar-refractivity contribution in [1.29, 1.82) is 0 Å². The summed E-state index contributed by atoms with van der Waals surface area (Å²) in [5.74, 6) is 0.653. The molecule has 0 fully saturated rings. The molecule has 2 atom stereocenters. The Kier molecular flexibility index (Phi) is 7.86. The summed E-state index contributed by atoms with van der Waals surface area (Å²) in [6, 6.07) is 24.1. The molecule has 3 aromatic rings. The van der Waals surface area contributed by atoms with E-state index in [0.717, 1.165) is 28.7 Å². The van der Waals surface area contributed by atoms with Crippen molar-refractivity contribution < 1.29 is 14.3 Å². The van der Waals surface area contributed by atoms with Gasteiger partial charge in [-0.25, -0.2) is 0 Å². The zero-order valence-corrected chi connectivity index (χ0v) is 20.8. The Labute approximate surface area is 208 Å². The number of carbonyl (C=O) groups is 2. The van der Waals surface area contributed by atoms with Crippen molar-refractivity contribution in [2.24, 2.45) is 0 Å². The van der Waals surface area contributed by atoms with E-state index < -0.39 is 6.10 Å². The lowest BCUT2D eigenvalue weighted by Gasteiger charge is -2.38. The number of amides is 2. The normalized spacial score (nSPS) is 15.7. The van der Waals surface area contributed by atoms with Crippen LogP contribution in [0.4, 0.5) is 0 Å². The minimum atomic E-state index is -0.593. The molecule has 5 nitrogen and oxygen atoms in total. The van der Waals surface area contributed by atoms with E-state index in [-0.39, 0.29) is 17.9 Å². The van der Waals surface area contributed by atoms with E-state index in [0.29, 0.717) is 31.7 Å². The Balaban J connectivity index is 1.55. The van der Waals surface area contributed by atoms with E-state index in [1.807, 2.05) is 74.2 Å². The van der Waals surface area contributed by atoms with Gasteiger partial charge < -0.3 is 15.0 Å². The van der Waals surface area contributed by atoms with E-state index in [1.165, 1.54) is 5.56 Å². The van der Waals surface area contributed by atoms with E-state index in [9.17, 15) is 9.59 Å². The van der Waals surface area contributed by atoms with Crippen LogP contribution >= 0.6 is 0 Å². The Hall–Kier alpha value is -3.60. The van der Waals surface area contributed by atoms with Crippen molar-refractivity contribution in [1.82, 2.24) is 10.2 Å². The third-order valence-electron chi connectivity index (χ3n) is 6.57. The Morgan fingerprint density at radius 2 is 1.83 bits per heavy atom. The van der Waals surface area contributed by atoms with Gasteiger partial charge in [0.25, 0.3) is 5.91 Å². The monoisotopic (exact) mass is 470 g/mol. The number of aryl methyl sites for hydroxylation is 1. The van der Waals surface area contributed by atoms with Gasteiger partial charge >= 0.3 is 0 Å². The summed E-state index contributed by atoms with van der Waals surface area (Å²) in [6.45, 7) is 7.05. The molecule has 1 N–H and O–H groups in total. The zero-order valence-electron chi connectivity index (χ0n) is 20.8. The molecule has 0 aliphatic carbocycles. The third-order valence-corrected chi connectivity index (χ3v) is 6.57. The van der Waals surface area contributed by atoms with Gasteiger partial charge in [0.15, 0.2) is 6.10 Å². The number of ether oxygens (including phenoxy) is 1. The first kappa shape index (κ1) is 24.5. The fraction of sp³-hybridized carbons (Fsp3) is 0.333. The molecule has 0 aromatic heterocycles. The van der Waals surface area contributed by atoms with Gasteiger partial charge in [0.1, 0.15) is 5.75 Å². The minimum Gasteiger partial charge on any atom is -0.481 e. The first-order valence-corrected chi connectivity index (χ1v) is 12.5. The highest BCUT2D eigenvalue weighted by molar-refractivity contribution is 5.81. The molecular weight excluding hydrogens is 436 g/mol. The molecule has 0 radical (unpaired) electrons. The standard InChI is InChI=1S/C30H34N2O3/c1-4-27(30(34)31-20-22-11-9-10-21(3)18-22)35-25-15-14-23-16-17-32(28(33)5-2)29(26(23)19-25)24-12-7-6-8-13-24/h6-15,18-19,27,29H,4-5,16-17,20H2,1-3H3,(H,31,34). The Morgan fingerprint density at radius 3 is 2.54 bits per heavy atom. The van der Waals surface area contributed by atoms with Crippen LogP contribution in [0.5, 0.6) is 5.75 Å². The lowest BCUT2D eigenvalue weighted by molar-refractivity contribution is -0.133. The van der Waals surface area contributed by atoms with Gasteiger partial charge in [-0.3, -0.25) is 9.59 Å². The largest absolute Gasteiger partial charge is 0.481 e. The zero-order chi connectivity index (χ0) is 24.8. The number of nitrogens with zero attached hydrogens (tertiary/aromatic N) is 1.